The van der Waals surface area contributed by atoms with Crippen LogP contribution in [0.5, 0.6) is 0 Å². The van der Waals surface area contributed by atoms with Gasteiger partial charge in [-0.2, -0.15) is 0 Å². The third-order valence-electron chi connectivity index (χ3n) is 2.22. The molecule has 4 nitrogen and oxygen atoms in total. The van der Waals surface area contributed by atoms with E-state index in [9.17, 15) is 13.2 Å². The molecule has 0 bridgehead atoms. The van der Waals surface area contributed by atoms with Gasteiger partial charge in [0.05, 0.1) is 5.75 Å². The SMILES string of the molecule is CCNC(=O)C1CCCCS1(=O)=O. The third-order valence-corrected chi connectivity index (χ3v) is 4.40. The maximum absolute atomic E-state index is 11.4. The van der Waals surface area contributed by atoms with Gasteiger partial charge in [0, 0.05) is 6.54 Å². The average molecular weight is 205 g/mol. The molecule has 76 valence electrons. The number of rotatable bonds is 2. The predicted octanol–water partition coefficient (Wildman–Crippen LogP) is 0.0898. The largest absolute Gasteiger partial charge is 0.355 e. The Morgan fingerprint density at radius 1 is 1.46 bits per heavy atom. The molecule has 5 heteroatoms. The molecule has 1 rings (SSSR count). The number of hydrogen-bond acceptors (Lipinski definition) is 3. The summed E-state index contributed by atoms with van der Waals surface area (Å²) in [6.45, 7) is 2.28. The standard InChI is InChI=1S/C8H15NO3S/c1-2-9-8(10)7-5-3-4-6-13(7,11)12/h7H,2-6H2,1H3,(H,9,10). The quantitative estimate of drug-likeness (QED) is 0.695. The monoisotopic (exact) mass is 205 g/mol. The van der Waals surface area contributed by atoms with Crippen LogP contribution in [-0.2, 0) is 14.6 Å². The number of carbonyl (C=O) groups is 1. The van der Waals surface area contributed by atoms with Crippen LogP contribution in [0.4, 0.5) is 0 Å². The second-order valence-corrected chi connectivity index (χ2v) is 5.55. The van der Waals surface area contributed by atoms with Gasteiger partial charge in [-0.15, -0.1) is 0 Å². The number of nitrogens with one attached hydrogen (secondary N) is 1. The fraction of sp³-hybridized carbons (Fsp3) is 0.875. The smallest absolute Gasteiger partial charge is 0.238 e. The van der Waals surface area contributed by atoms with Crippen molar-refractivity contribution < 1.29 is 13.2 Å². The Bertz CT molecular complexity index is 284. The Morgan fingerprint density at radius 3 is 2.69 bits per heavy atom. The van der Waals surface area contributed by atoms with Crippen LogP contribution in [0.1, 0.15) is 26.2 Å². The van der Waals surface area contributed by atoms with Gasteiger partial charge in [0.25, 0.3) is 0 Å². The highest BCUT2D eigenvalue weighted by Gasteiger charge is 2.34. The molecule has 0 aromatic carbocycles. The summed E-state index contributed by atoms with van der Waals surface area (Å²) in [7, 11) is -3.16. The molecule has 1 N–H and O–H groups in total. The summed E-state index contributed by atoms with van der Waals surface area (Å²) in [6, 6.07) is 0. The van der Waals surface area contributed by atoms with Gasteiger partial charge in [0.15, 0.2) is 9.84 Å². The van der Waals surface area contributed by atoms with Crippen molar-refractivity contribution in [3.05, 3.63) is 0 Å². The first-order chi connectivity index (χ1) is 6.08. The van der Waals surface area contributed by atoms with Gasteiger partial charge in [0.2, 0.25) is 5.91 Å². The second-order valence-electron chi connectivity index (χ2n) is 3.25. The highest BCUT2D eigenvalue weighted by atomic mass is 32.2. The Hall–Kier alpha value is -0.580. The lowest BCUT2D eigenvalue weighted by Crippen LogP contribution is -2.42. The Balaban J connectivity index is 2.71. The molecule has 0 spiro atoms. The minimum Gasteiger partial charge on any atom is -0.355 e. The minimum atomic E-state index is -3.16. The lowest BCUT2D eigenvalue weighted by atomic mass is 10.2. The zero-order chi connectivity index (χ0) is 9.90. The van der Waals surface area contributed by atoms with E-state index in [0.29, 0.717) is 19.4 Å². The molecule has 0 radical (unpaired) electrons. The van der Waals surface area contributed by atoms with Crippen molar-refractivity contribution in [3.8, 4) is 0 Å². The molecule has 1 fully saturated rings. The van der Waals surface area contributed by atoms with Crippen LogP contribution >= 0.6 is 0 Å². The predicted molar refractivity (Wildman–Crippen MR) is 50.1 cm³/mol. The van der Waals surface area contributed by atoms with Gasteiger partial charge in [-0.1, -0.05) is 6.42 Å². The van der Waals surface area contributed by atoms with E-state index in [4.69, 9.17) is 0 Å². The van der Waals surface area contributed by atoms with Crippen molar-refractivity contribution in [1.29, 1.82) is 0 Å². The molecule has 1 saturated heterocycles. The zero-order valence-electron chi connectivity index (χ0n) is 7.75. The van der Waals surface area contributed by atoms with E-state index in [2.05, 4.69) is 5.32 Å². The summed E-state index contributed by atoms with van der Waals surface area (Å²) in [5.41, 5.74) is 0. The Morgan fingerprint density at radius 2 is 2.15 bits per heavy atom. The summed E-state index contributed by atoms with van der Waals surface area (Å²) in [6.07, 6.45) is 2.01. The molecule has 1 aliphatic heterocycles. The first-order valence-corrected chi connectivity index (χ1v) is 6.28. The molecule has 0 saturated carbocycles. The fourth-order valence-electron chi connectivity index (χ4n) is 1.54. The van der Waals surface area contributed by atoms with Crippen LogP contribution in [0.25, 0.3) is 0 Å². The summed E-state index contributed by atoms with van der Waals surface area (Å²) in [5, 5.41) is 1.76. The van der Waals surface area contributed by atoms with Gasteiger partial charge >= 0.3 is 0 Å². The Labute approximate surface area is 78.6 Å². The lowest BCUT2D eigenvalue weighted by Gasteiger charge is -2.20. The van der Waals surface area contributed by atoms with E-state index in [-0.39, 0.29) is 11.7 Å². The maximum Gasteiger partial charge on any atom is 0.238 e. The molecule has 1 aliphatic rings. The first kappa shape index (κ1) is 10.5. The van der Waals surface area contributed by atoms with E-state index in [1.54, 1.807) is 6.92 Å². The molecule has 1 atom stereocenters. The number of sulfone groups is 1. The summed E-state index contributed by atoms with van der Waals surface area (Å²) >= 11 is 0. The molecule has 1 unspecified atom stereocenters. The third kappa shape index (κ3) is 2.43. The molecule has 0 aliphatic carbocycles. The van der Waals surface area contributed by atoms with Crippen molar-refractivity contribution in [3.63, 3.8) is 0 Å². The fourth-order valence-corrected chi connectivity index (χ4v) is 3.36. The van der Waals surface area contributed by atoms with Crippen LogP contribution in [0.15, 0.2) is 0 Å². The first-order valence-electron chi connectivity index (χ1n) is 4.57. The zero-order valence-corrected chi connectivity index (χ0v) is 8.56. The summed E-state index contributed by atoms with van der Waals surface area (Å²) in [4.78, 5) is 11.3. The summed E-state index contributed by atoms with van der Waals surface area (Å²) in [5.74, 6) is -0.170. The highest BCUT2D eigenvalue weighted by molar-refractivity contribution is 7.92. The molecular weight excluding hydrogens is 190 g/mol. The highest BCUT2D eigenvalue weighted by Crippen LogP contribution is 2.19. The molecule has 0 aromatic rings. The normalized spacial score (nSPS) is 26.7. The van der Waals surface area contributed by atoms with Crippen molar-refractivity contribution in [1.82, 2.24) is 5.32 Å². The van der Waals surface area contributed by atoms with Crippen molar-refractivity contribution in [2.75, 3.05) is 12.3 Å². The number of hydrogen-bond donors (Lipinski definition) is 1. The van der Waals surface area contributed by atoms with E-state index in [0.717, 1.165) is 6.42 Å². The van der Waals surface area contributed by atoms with Crippen LogP contribution in [0.2, 0.25) is 0 Å². The number of carbonyl (C=O) groups excluding carboxylic acids is 1. The van der Waals surface area contributed by atoms with Gasteiger partial charge in [-0.25, -0.2) is 8.42 Å². The van der Waals surface area contributed by atoms with E-state index >= 15 is 0 Å². The van der Waals surface area contributed by atoms with Gasteiger partial charge in [0.1, 0.15) is 5.25 Å². The van der Waals surface area contributed by atoms with E-state index < -0.39 is 15.1 Å². The van der Waals surface area contributed by atoms with Crippen LogP contribution < -0.4 is 5.32 Å². The van der Waals surface area contributed by atoms with Crippen LogP contribution in [0.3, 0.4) is 0 Å². The van der Waals surface area contributed by atoms with Gasteiger partial charge in [-0.05, 0) is 19.8 Å². The van der Waals surface area contributed by atoms with Crippen LogP contribution in [0, 0.1) is 0 Å². The molecule has 1 amide bonds. The second kappa shape index (κ2) is 4.09. The maximum atomic E-state index is 11.4. The number of amides is 1. The van der Waals surface area contributed by atoms with Crippen molar-refractivity contribution in [2.24, 2.45) is 0 Å². The average Bonchev–Trinajstić information content (AvgIpc) is 2.03. The molecule has 13 heavy (non-hydrogen) atoms. The van der Waals surface area contributed by atoms with Crippen molar-refractivity contribution in [2.45, 2.75) is 31.4 Å². The van der Waals surface area contributed by atoms with Gasteiger partial charge < -0.3 is 5.32 Å². The van der Waals surface area contributed by atoms with Crippen LogP contribution in [-0.4, -0.2) is 31.9 Å². The van der Waals surface area contributed by atoms with E-state index in [1.807, 2.05) is 0 Å². The summed E-state index contributed by atoms with van der Waals surface area (Å²) < 4.78 is 22.9. The topological polar surface area (TPSA) is 63.2 Å². The molecule has 1 heterocycles. The minimum absolute atomic E-state index is 0.162. The Kier molecular flexibility index (Phi) is 3.30. The van der Waals surface area contributed by atoms with E-state index in [1.165, 1.54) is 0 Å². The van der Waals surface area contributed by atoms with Gasteiger partial charge in [-0.3, -0.25) is 4.79 Å². The molecule has 0 aromatic heterocycles. The lowest BCUT2D eigenvalue weighted by molar-refractivity contribution is -0.120. The molecular formula is C8H15NO3S. The van der Waals surface area contributed by atoms with Crippen molar-refractivity contribution >= 4 is 15.7 Å².